The molecule has 7 heteroatoms. The fourth-order valence-corrected chi connectivity index (χ4v) is 4.19. The SMILES string of the molecule is CCOc1ccccc1N1C(=O)C(Nc2ccc(N(C)C)cc2)=C(c2cccs2)C1=O. The van der Waals surface area contributed by atoms with E-state index in [-0.39, 0.29) is 11.6 Å². The van der Waals surface area contributed by atoms with Crippen molar-refractivity contribution in [3.8, 4) is 5.75 Å². The number of amides is 2. The smallest absolute Gasteiger partial charge is 0.282 e. The van der Waals surface area contributed by atoms with Crippen LogP contribution in [0.1, 0.15) is 11.8 Å². The van der Waals surface area contributed by atoms with Gasteiger partial charge in [-0.15, -0.1) is 11.3 Å². The summed E-state index contributed by atoms with van der Waals surface area (Å²) in [4.78, 5) is 30.9. The zero-order valence-electron chi connectivity index (χ0n) is 17.6. The summed E-state index contributed by atoms with van der Waals surface area (Å²) in [5, 5.41) is 5.08. The molecular weight excluding hydrogens is 410 g/mol. The summed E-state index contributed by atoms with van der Waals surface area (Å²) in [6, 6.07) is 18.5. The number of imide groups is 1. The van der Waals surface area contributed by atoms with E-state index in [0.717, 1.165) is 16.3 Å². The number of carbonyl (C=O) groups is 2. The molecule has 4 rings (SSSR count). The van der Waals surface area contributed by atoms with Crippen LogP contribution in [0.3, 0.4) is 0 Å². The van der Waals surface area contributed by atoms with Gasteiger partial charge in [-0.2, -0.15) is 0 Å². The second-order valence-corrected chi connectivity index (χ2v) is 8.09. The molecule has 1 aliphatic heterocycles. The molecule has 0 bridgehead atoms. The summed E-state index contributed by atoms with van der Waals surface area (Å²) < 4.78 is 5.67. The lowest BCUT2D eigenvalue weighted by atomic mass is 10.1. The van der Waals surface area contributed by atoms with E-state index in [2.05, 4.69) is 5.32 Å². The Morgan fingerprint density at radius 2 is 1.71 bits per heavy atom. The molecule has 0 saturated carbocycles. The molecule has 3 aromatic rings. The van der Waals surface area contributed by atoms with Crippen LogP contribution in [0.15, 0.2) is 71.7 Å². The Kier molecular flexibility index (Phi) is 5.77. The highest BCUT2D eigenvalue weighted by molar-refractivity contribution is 7.11. The minimum Gasteiger partial charge on any atom is -0.492 e. The minimum absolute atomic E-state index is 0.261. The molecule has 2 aromatic carbocycles. The van der Waals surface area contributed by atoms with Gasteiger partial charge >= 0.3 is 0 Å². The minimum atomic E-state index is -0.405. The average Bonchev–Trinajstić information content (AvgIpc) is 3.36. The molecule has 158 valence electrons. The third-order valence-corrected chi connectivity index (χ3v) is 5.80. The Morgan fingerprint density at radius 3 is 2.35 bits per heavy atom. The maximum absolute atomic E-state index is 13.5. The van der Waals surface area contributed by atoms with Gasteiger partial charge in [-0.1, -0.05) is 18.2 Å². The van der Waals surface area contributed by atoms with E-state index < -0.39 is 5.91 Å². The van der Waals surface area contributed by atoms with Crippen LogP contribution in [0.4, 0.5) is 17.1 Å². The Hall–Kier alpha value is -3.58. The Labute approximate surface area is 185 Å². The number of para-hydroxylation sites is 2. The molecule has 0 fully saturated rings. The first-order valence-electron chi connectivity index (χ1n) is 9.94. The van der Waals surface area contributed by atoms with Crippen molar-refractivity contribution >= 4 is 45.8 Å². The lowest BCUT2D eigenvalue weighted by Gasteiger charge is -2.19. The standard InChI is InChI=1S/C24H23N3O3S/c1-4-30-19-9-6-5-8-18(19)27-23(28)21(20-10-7-15-31-20)22(24(27)29)25-16-11-13-17(14-12-16)26(2)3/h5-15,25H,4H2,1-3H3. The molecule has 1 aromatic heterocycles. The number of rotatable bonds is 7. The van der Waals surface area contributed by atoms with E-state index in [1.807, 2.05) is 73.8 Å². The third kappa shape index (κ3) is 3.92. The fourth-order valence-electron chi connectivity index (χ4n) is 3.42. The van der Waals surface area contributed by atoms with Crippen LogP contribution in [0.25, 0.3) is 5.57 Å². The highest BCUT2D eigenvalue weighted by Crippen LogP contribution is 2.39. The van der Waals surface area contributed by atoms with Crippen LogP contribution in [-0.4, -0.2) is 32.5 Å². The molecule has 0 atom stereocenters. The summed E-state index contributed by atoms with van der Waals surface area (Å²) in [6.07, 6.45) is 0. The first kappa shape index (κ1) is 20.7. The second kappa shape index (κ2) is 8.65. The zero-order valence-corrected chi connectivity index (χ0v) is 18.4. The maximum Gasteiger partial charge on any atom is 0.282 e. The molecule has 1 N–H and O–H groups in total. The van der Waals surface area contributed by atoms with Crippen LogP contribution >= 0.6 is 11.3 Å². The lowest BCUT2D eigenvalue weighted by Crippen LogP contribution is -2.32. The fraction of sp³-hybridized carbons (Fsp3) is 0.167. The molecule has 6 nitrogen and oxygen atoms in total. The number of hydrogen-bond donors (Lipinski definition) is 1. The van der Waals surface area contributed by atoms with Crippen LogP contribution in [0, 0.1) is 0 Å². The number of benzene rings is 2. The van der Waals surface area contributed by atoms with Crippen molar-refractivity contribution in [2.75, 3.05) is 35.8 Å². The first-order valence-corrected chi connectivity index (χ1v) is 10.8. The number of carbonyl (C=O) groups excluding carboxylic acids is 2. The van der Waals surface area contributed by atoms with Gasteiger partial charge < -0.3 is 15.0 Å². The van der Waals surface area contributed by atoms with E-state index in [1.54, 1.807) is 18.2 Å². The monoisotopic (exact) mass is 433 g/mol. The van der Waals surface area contributed by atoms with Crippen molar-refractivity contribution in [1.82, 2.24) is 0 Å². The summed E-state index contributed by atoms with van der Waals surface area (Å²) in [7, 11) is 3.93. The Bertz CT molecular complexity index is 1140. The molecule has 0 unspecified atom stereocenters. The third-order valence-electron chi connectivity index (χ3n) is 4.91. The normalized spacial score (nSPS) is 13.7. The largest absolute Gasteiger partial charge is 0.492 e. The molecule has 2 heterocycles. The first-order chi connectivity index (χ1) is 15.0. The Morgan fingerprint density at radius 1 is 0.968 bits per heavy atom. The topological polar surface area (TPSA) is 61.9 Å². The van der Waals surface area contributed by atoms with Crippen molar-refractivity contribution in [2.45, 2.75) is 6.92 Å². The van der Waals surface area contributed by atoms with E-state index in [1.165, 1.54) is 16.2 Å². The average molecular weight is 434 g/mol. The van der Waals surface area contributed by atoms with E-state index >= 15 is 0 Å². The number of anilines is 3. The number of nitrogens with zero attached hydrogens (tertiary/aromatic N) is 2. The van der Waals surface area contributed by atoms with Crippen LogP contribution in [0.5, 0.6) is 5.75 Å². The van der Waals surface area contributed by atoms with Gasteiger partial charge in [0.05, 0.1) is 17.9 Å². The van der Waals surface area contributed by atoms with Crippen molar-refractivity contribution in [3.05, 3.63) is 76.6 Å². The Balaban J connectivity index is 1.76. The number of hydrogen-bond acceptors (Lipinski definition) is 6. The summed E-state index contributed by atoms with van der Waals surface area (Å²) >= 11 is 1.42. The van der Waals surface area contributed by atoms with Gasteiger partial charge in [0.1, 0.15) is 11.4 Å². The molecule has 0 aliphatic carbocycles. The summed E-state index contributed by atoms with van der Waals surface area (Å²) in [6.45, 7) is 2.30. The van der Waals surface area contributed by atoms with Gasteiger partial charge in [0.2, 0.25) is 0 Å². The maximum atomic E-state index is 13.5. The van der Waals surface area contributed by atoms with Crippen molar-refractivity contribution in [1.29, 1.82) is 0 Å². The van der Waals surface area contributed by atoms with E-state index in [0.29, 0.717) is 23.6 Å². The zero-order chi connectivity index (χ0) is 22.0. The van der Waals surface area contributed by atoms with Gasteiger partial charge in [-0.05, 0) is 54.8 Å². The second-order valence-electron chi connectivity index (χ2n) is 7.14. The van der Waals surface area contributed by atoms with Gasteiger partial charge in [0, 0.05) is 30.3 Å². The van der Waals surface area contributed by atoms with Crippen LogP contribution in [-0.2, 0) is 9.59 Å². The van der Waals surface area contributed by atoms with Gasteiger partial charge in [-0.25, -0.2) is 4.90 Å². The van der Waals surface area contributed by atoms with E-state index in [4.69, 9.17) is 4.74 Å². The van der Waals surface area contributed by atoms with Crippen molar-refractivity contribution < 1.29 is 14.3 Å². The lowest BCUT2D eigenvalue weighted by molar-refractivity contribution is -0.120. The van der Waals surface area contributed by atoms with Crippen LogP contribution in [0.2, 0.25) is 0 Å². The molecule has 1 aliphatic rings. The molecule has 0 spiro atoms. The molecule has 2 amide bonds. The predicted molar refractivity (Wildman–Crippen MR) is 126 cm³/mol. The molecular formula is C24H23N3O3S. The number of ether oxygens (including phenoxy) is 1. The van der Waals surface area contributed by atoms with E-state index in [9.17, 15) is 9.59 Å². The summed E-state index contributed by atoms with van der Waals surface area (Å²) in [5.41, 5.74) is 2.84. The number of thiophene rings is 1. The molecule has 0 saturated heterocycles. The summed E-state index contributed by atoms with van der Waals surface area (Å²) in [5.74, 6) is -0.280. The quantitative estimate of drug-likeness (QED) is 0.552. The van der Waals surface area contributed by atoms with Gasteiger partial charge in [0.15, 0.2) is 0 Å². The van der Waals surface area contributed by atoms with Gasteiger partial charge in [0.25, 0.3) is 11.8 Å². The van der Waals surface area contributed by atoms with Crippen molar-refractivity contribution in [3.63, 3.8) is 0 Å². The highest BCUT2D eigenvalue weighted by Gasteiger charge is 2.41. The van der Waals surface area contributed by atoms with Crippen LogP contribution < -0.4 is 19.9 Å². The molecule has 31 heavy (non-hydrogen) atoms. The predicted octanol–water partition coefficient (Wildman–Crippen LogP) is 4.61. The highest BCUT2D eigenvalue weighted by atomic mass is 32.1. The number of nitrogens with one attached hydrogen (secondary N) is 1. The molecule has 0 radical (unpaired) electrons. The van der Waals surface area contributed by atoms with Gasteiger partial charge in [-0.3, -0.25) is 9.59 Å². The van der Waals surface area contributed by atoms with Crippen molar-refractivity contribution in [2.24, 2.45) is 0 Å².